The van der Waals surface area contributed by atoms with Gasteiger partial charge in [-0.3, -0.25) is 4.79 Å². The van der Waals surface area contributed by atoms with Gasteiger partial charge in [-0.2, -0.15) is 11.8 Å². The molecule has 1 aliphatic heterocycles. The van der Waals surface area contributed by atoms with Gasteiger partial charge in [-0.15, -0.1) is 0 Å². The third-order valence-corrected chi connectivity index (χ3v) is 4.58. The third-order valence-electron chi connectivity index (χ3n) is 3.60. The van der Waals surface area contributed by atoms with Gasteiger partial charge in [0.1, 0.15) is 0 Å². The standard InChI is InChI=1S/C16H19F2NO2S/c1-10(16(21)12-2-3-13(17)14(18)9-12)19-15(20)8-11-4-6-22-7-5-11/h2-3,8-10,16,21H,4-7H2,1H3,(H,19,20). The first kappa shape index (κ1) is 17.0. The van der Waals surface area contributed by atoms with Crippen molar-refractivity contribution in [2.45, 2.75) is 31.9 Å². The van der Waals surface area contributed by atoms with Crippen LogP contribution in [-0.2, 0) is 4.79 Å². The van der Waals surface area contributed by atoms with Crippen molar-refractivity contribution in [1.82, 2.24) is 5.32 Å². The smallest absolute Gasteiger partial charge is 0.244 e. The van der Waals surface area contributed by atoms with Crippen molar-refractivity contribution in [3.8, 4) is 0 Å². The van der Waals surface area contributed by atoms with Crippen molar-refractivity contribution < 1.29 is 18.7 Å². The minimum absolute atomic E-state index is 0.230. The first-order valence-electron chi connectivity index (χ1n) is 7.18. The van der Waals surface area contributed by atoms with Gasteiger partial charge in [0.05, 0.1) is 12.1 Å². The fraction of sp³-hybridized carbons (Fsp3) is 0.438. The lowest BCUT2D eigenvalue weighted by molar-refractivity contribution is -0.117. The van der Waals surface area contributed by atoms with Gasteiger partial charge in [-0.25, -0.2) is 8.78 Å². The van der Waals surface area contributed by atoms with Crippen LogP contribution in [-0.4, -0.2) is 28.6 Å². The average Bonchev–Trinajstić information content (AvgIpc) is 2.50. The molecule has 0 spiro atoms. The van der Waals surface area contributed by atoms with Crippen molar-refractivity contribution in [3.63, 3.8) is 0 Å². The average molecular weight is 327 g/mol. The maximum absolute atomic E-state index is 13.2. The van der Waals surface area contributed by atoms with E-state index in [1.165, 1.54) is 6.07 Å². The Labute approximate surface area is 132 Å². The second kappa shape index (κ2) is 7.74. The molecule has 22 heavy (non-hydrogen) atoms. The Morgan fingerprint density at radius 2 is 2.00 bits per heavy atom. The molecule has 2 N–H and O–H groups in total. The van der Waals surface area contributed by atoms with Crippen LogP contribution in [0.25, 0.3) is 0 Å². The summed E-state index contributed by atoms with van der Waals surface area (Å²) in [6.07, 6.45) is 2.28. The van der Waals surface area contributed by atoms with E-state index in [4.69, 9.17) is 0 Å². The molecule has 1 heterocycles. The van der Waals surface area contributed by atoms with Gasteiger partial charge in [0.2, 0.25) is 5.91 Å². The van der Waals surface area contributed by atoms with Crippen molar-refractivity contribution in [3.05, 3.63) is 47.0 Å². The molecule has 0 aromatic heterocycles. The first-order chi connectivity index (χ1) is 10.5. The fourth-order valence-electron chi connectivity index (χ4n) is 2.29. The Kier molecular flexibility index (Phi) is 5.97. The lowest BCUT2D eigenvalue weighted by Crippen LogP contribution is -2.36. The van der Waals surface area contributed by atoms with E-state index in [9.17, 15) is 18.7 Å². The minimum atomic E-state index is -1.10. The number of aliphatic hydroxyl groups excluding tert-OH is 1. The molecule has 2 rings (SSSR count). The molecule has 6 heteroatoms. The van der Waals surface area contributed by atoms with E-state index in [2.05, 4.69) is 5.32 Å². The molecular weight excluding hydrogens is 308 g/mol. The summed E-state index contributed by atoms with van der Waals surface area (Å²) in [5, 5.41) is 12.8. The molecule has 0 radical (unpaired) electrons. The van der Waals surface area contributed by atoms with Gasteiger partial charge in [-0.1, -0.05) is 11.6 Å². The van der Waals surface area contributed by atoms with Crippen LogP contribution in [0.15, 0.2) is 29.8 Å². The zero-order valence-corrected chi connectivity index (χ0v) is 13.1. The number of thioether (sulfide) groups is 1. The predicted molar refractivity (Wildman–Crippen MR) is 83.6 cm³/mol. The molecule has 1 aliphatic rings. The van der Waals surface area contributed by atoms with Crippen LogP contribution in [0.2, 0.25) is 0 Å². The number of benzene rings is 1. The van der Waals surface area contributed by atoms with Crippen LogP contribution < -0.4 is 5.32 Å². The summed E-state index contributed by atoms with van der Waals surface area (Å²) >= 11 is 1.87. The molecule has 1 aromatic rings. The van der Waals surface area contributed by atoms with Crippen molar-refractivity contribution in [1.29, 1.82) is 0 Å². The van der Waals surface area contributed by atoms with Crippen LogP contribution in [0.1, 0.15) is 31.4 Å². The molecule has 0 aliphatic carbocycles. The van der Waals surface area contributed by atoms with E-state index in [-0.39, 0.29) is 11.5 Å². The highest BCUT2D eigenvalue weighted by molar-refractivity contribution is 7.99. The van der Waals surface area contributed by atoms with Crippen LogP contribution in [0.3, 0.4) is 0 Å². The number of hydrogen-bond donors (Lipinski definition) is 2. The van der Waals surface area contributed by atoms with Crippen LogP contribution in [0.4, 0.5) is 8.78 Å². The number of aliphatic hydroxyl groups is 1. The summed E-state index contributed by atoms with van der Waals surface area (Å²) < 4.78 is 26.1. The number of hydrogen-bond acceptors (Lipinski definition) is 3. The molecule has 2 atom stereocenters. The number of carbonyl (C=O) groups excluding carboxylic acids is 1. The van der Waals surface area contributed by atoms with E-state index in [0.717, 1.165) is 42.1 Å². The number of nitrogens with one attached hydrogen (secondary N) is 1. The molecule has 1 saturated heterocycles. The Bertz CT molecular complexity index is 569. The second-order valence-corrected chi connectivity index (χ2v) is 6.56. The van der Waals surface area contributed by atoms with E-state index in [0.29, 0.717) is 0 Å². The summed E-state index contributed by atoms with van der Waals surface area (Å²) in [4.78, 5) is 11.9. The van der Waals surface area contributed by atoms with Gasteiger partial charge in [-0.05, 0) is 49.0 Å². The maximum atomic E-state index is 13.2. The number of amides is 1. The highest BCUT2D eigenvalue weighted by atomic mass is 32.2. The molecule has 120 valence electrons. The van der Waals surface area contributed by atoms with E-state index in [1.807, 2.05) is 11.8 Å². The lowest BCUT2D eigenvalue weighted by atomic mass is 10.0. The quantitative estimate of drug-likeness (QED) is 0.836. The number of carbonyl (C=O) groups is 1. The Morgan fingerprint density at radius 1 is 1.32 bits per heavy atom. The Morgan fingerprint density at radius 3 is 2.64 bits per heavy atom. The lowest BCUT2D eigenvalue weighted by Gasteiger charge is -2.20. The zero-order chi connectivity index (χ0) is 16.1. The normalized spacial score (nSPS) is 17.7. The van der Waals surface area contributed by atoms with E-state index >= 15 is 0 Å². The molecule has 1 amide bonds. The molecule has 2 unspecified atom stereocenters. The summed E-state index contributed by atoms with van der Waals surface area (Å²) in [5.41, 5.74) is 1.33. The van der Waals surface area contributed by atoms with Crippen molar-refractivity contribution in [2.75, 3.05) is 11.5 Å². The summed E-state index contributed by atoms with van der Waals surface area (Å²) in [7, 11) is 0. The van der Waals surface area contributed by atoms with Crippen LogP contribution in [0.5, 0.6) is 0 Å². The second-order valence-electron chi connectivity index (χ2n) is 5.33. The summed E-state index contributed by atoms with van der Waals surface area (Å²) in [6, 6.07) is 2.61. The third kappa shape index (κ3) is 4.55. The predicted octanol–water partition coefficient (Wildman–Crippen LogP) is 2.96. The van der Waals surface area contributed by atoms with Crippen LogP contribution >= 0.6 is 11.8 Å². The van der Waals surface area contributed by atoms with Gasteiger partial charge in [0.25, 0.3) is 0 Å². The van der Waals surface area contributed by atoms with Gasteiger partial charge >= 0.3 is 0 Å². The molecule has 1 fully saturated rings. The zero-order valence-electron chi connectivity index (χ0n) is 12.3. The van der Waals surface area contributed by atoms with Crippen LogP contribution in [0, 0.1) is 11.6 Å². The monoisotopic (exact) mass is 327 g/mol. The largest absolute Gasteiger partial charge is 0.386 e. The maximum Gasteiger partial charge on any atom is 0.244 e. The van der Waals surface area contributed by atoms with Crippen molar-refractivity contribution >= 4 is 17.7 Å². The Hall–Kier alpha value is -1.40. The van der Waals surface area contributed by atoms with Gasteiger partial charge < -0.3 is 10.4 Å². The molecule has 0 saturated carbocycles. The highest BCUT2D eigenvalue weighted by Gasteiger charge is 2.19. The van der Waals surface area contributed by atoms with Gasteiger partial charge in [0, 0.05) is 6.08 Å². The SMILES string of the molecule is CC(NC(=O)C=C1CCSCC1)C(O)c1ccc(F)c(F)c1. The van der Waals surface area contributed by atoms with Crippen molar-refractivity contribution in [2.24, 2.45) is 0 Å². The number of rotatable bonds is 4. The van der Waals surface area contributed by atoms with E-state index in [1.54, 1.807) is 13.0 Å². The molecule has 0 bridgehead atoms. The first-order valence-corrected chi connectivity index (χ1v) is 8.33. The molecular formula is C16H19F2NO2S. The topological polar surface area (TPSA) is 49.3 Å². The highest BCUT2D eigenvalue weighted by Crippen LogP contribution is 2.22. The number of allylic oxidation sites excluding steroid dienone is 1. The van der Waals surface area contributed by atoms with Gasteiger partial charge in [0.15, 0.2) is 11.6 Å². The minimum Gasteiger partial charge on any atom is -0.386 e. The summed E-state index contributed by atoms with van der Waals surface area (Å²) in [6.45, 7) is 1.62. The Balaban J connectivity index is 1.96. The summed E-state index contributed by atoms with van der Waals surface area (Å²) in [5.74, 6) is -0.210. The fourth-order valence-corrected chi connectivity index (χ4v) is 3.31. The molecule has 1 aromatic carbocycles. The number of halogens is 2. The van der Waals surface area contributed by atoms with E-state index < -0.39 is 23.8 Å². The molecule has 3 nitrogen and oxygen atoms in total.